The molecule has 0 bridgehead atoms. The standard InChI is InChI=1S/C19H23NO3/c1-4-22-17-9-6-16(7-10-17)12-20-19(21)13-23-18-8-5-14(2)15(3)11-18/h5-11H,4,12-13H2,1-3H3,(H,20,21). The number of amides is 1. The molecule has 0 aliphatic rings. The predicted molar refractivity (Wildman–Crippen MR) is 90.9 cm³/mol. The molecule has 4 heteroatoms. The van der Waals surface area contributed by atoms with E-state index in [1.807, 2.05) is 63.2 Å². The SMILES string of the molecule is CCOc1ccc(CNC(=O)COc2ccc(C)c(C)c2)cc1. The van der Waals surface area contributed by atoms with Crippen LogP contribution in [0.5, 0.6) is 11.5 Å². The minimum atomic E-state index is -0.142. The summed E-state index contributed by atoms with van der Waals surface area (Å²) in [4.78, 5) is 11.9. The lowest BCUT2D eigenvalue weighted by atomic mass is 10.1. The van der Waals surface area contributed by atoms with E-state index in [0.717, 1.165) is 16.9 Å². The number of ether oxygens (including phenoxy) is 2. The van der Waals surface area contributed by atoms with E-state index in [-0.39, 0.29) is 12.5 Å². The highest BCUT2D eigenvalue weighted by Gasteiger charge is 2.04. The van der Waals surface area contributed by atoms with Crippen molar-refractivity contribution in [2.24, 2.45) is 0 Å². The third-order valence-corrected chi connectivity index (χ3v) is 3.57. The van der Waals surface area contributed by atoms with Gasteiger partial charge in [0.2, 0.25) is 0 Å². The topological polar surface area (TPSA) is 47.6 Å². The Morgan fingerprint density at radius 3 is 2.30 bits per heavy atom. The highest BCUT2D eigenvalue weighted by molar-refractivity contribution is 5.77. The number of carbonyl (C=O) groups is 1. The summed E-state index contributed by atoms with van der Waals surface area (Å²) in [5.41, 5.74) is 3.38. The van der Waals surface area contributed by atoms with Gasteiger partial charge >= 0.3 is 0 Å². The summed E-state index contributed by atoms with van der Waals surface area (Å²) in [6.07, 6.45) is 0. The van der Waals surface area contributed by atoms with Gasteiger partial charge in [-0.15, -0.1) is 0 Å². The molecule has 0 fully saturated rings. The fourth-order valence-electron chi connectivity index (χ4n) is 2.07. The van der Waals surface area contributed by atoms with Gasteiger partial charge in [0, 0.05) is 6.54 Å². The Bertz CT molecular complexity index is 650. The fraction of sp³-hybridized carbons (Fsp3) is 0.316. The van der Waals surface area contributed by atoms with Crippen LogP contribution in [0.3, 0.4) is 0 Å². The molecule has 1 amide bonds. The number of hydrogen-bond acceptors (Lipinski definition) is 3. The molecule has 0 saturated heterocycles. The number of carbonyl (C=O) groups excluding carboxylic acids is 1. The summed E-state index contributed by atoms with van der Waals surface area (Å²) in [5, 5.41) is 2.84. The maximum Gasteiger partial charge on any atom is 0.258 e. The molecule has 0 heterocycles. The average molecular weight is 313 g/mol. The van der Waals surface area contributed by atoms with Crippen molar-refractivity contribution in [3.05, 3.63) is 59.2 Å². The van der Waals surface area contributed by atoms with Crippen LogP contribution in [-0.2, 0) is 11.3 Å². The van der Waals surface area contributed by atoms with Crippen LogP contribution in [0.2, 0.25) is 0 Å². The predicted octanol–water partition coefficient (Wildman–Crippen LogP) is 3.40. The maximum absolute atomic E-state index is 11.9. The molecule has 122 valence electrons. The van der Waals surface area contributed by atoms with Crippen molar-refractivity contribution in [2.75, 3.05) is 13.2 Å². The van der Waals surface area contributed by atoms with Crippen molar-refractivity contribution in [3.8, 4) is 11.5 Å². The van der Waals surface area contributed by atoms with Crippen molar-refractivity contribution in [2.45, 2.75) is 27.3 Å². The van der Waals surface area contributed by atoms with Crippen LogP contribution in [-0.4, -0.2) is 19.1 Å². The van der Waals surface area contributed by atoms with Crippen LogP contribution in [0, 0.1) is 13.8 Å². The normalized spacial score (nSPS) is 10.2. The molecule has 0 spiro atoms. The van der Waals surface area contributed by atoms with Crippen molar-refractivity contribution in [1.82, 2.24) is 5.32 Å². The second-order valence-corrected chi connectivity index (χ2v) is 5.39. The molecular formula is C19H23NO3. The zero-order chi connectivity index (χ0) is 16.7. The monoisotopic (exact) mass is 313 g/mol. The molecule has 0 aliphatic heterocycles. The molecule has 0 radical (unpaired) electrons. The number of rotatable bonds is 7. The van der Waals surface area contributed by atoms with Crippen molar-refractivity contribution in [1.29, 1.82) is 0 Å². The molecule has 0 aliphatic carbocycles. The number of benzene rings is 2. The lowest BCUT2D eigenvalue weighted by Crippen LogP contribution is -2.28. The quantitative estimate of drug-likeness (QED) is 0.852. The Morgan fingerprint density at radius 1 is 0.957 bits per heavy atom. The van der Waals surface area contributed by atoms with Crippen molar-refractivity contribution in [3.63, 3.8) is 0 Å². The molecule has 0 unspecified atom stereocenters. The molecule has 0 atom stereocenters. The van der Waals surface area contributed by atoms with Crippen LogP contribution in [0.15, 0.2) is 42.5 Å². The van der Waals surface area contributed by atoms with Crippen molar-refractivity contribution < 1.29 is 14.3 Å². The Labute approximate surface area is 137 Å². The first kappa shape index (κ1) is 16.9. The minimum Gasteiger partial charge on any atom is -0.494 e. The van der Waals surface area contributed by atoms with Crippen LogP contribution in [0.25, 0.3) is 0 Å². The van der Waals surface area contributed by atoms with Crippen LogP contribution in [0.4, 0.5) is 0 Å². The van der Waals surface area contributed by atoms with E-state index >= 15 is 0 Å². The van der Waals surface area contributed by atoms with E-state index in [9.17, 15) is 4.79 Å². The Hall–Kier alpha value is -2.49. The molecule has 0 saturated carbocycles. The molecule has 1 N–H and O–H groups in total. The molecule has 4 nitrogen and oxygen atoms in total. The maximum atomic E-state index is 11.9. The zero-order valence-electron chi connectivity index (χ0n) is 13.9. The second-order valence-electron chi connectivity index (χ2n) is 5.39. The van der Waals surface area contributed by atoms with E-state index in [1.54, 1.807) is 0 Å². The number of nitrogens with one attached hydrogen (secondary N) is 1. The molecular weight excluding hydrogens is 290 g/mol. The van der Waals surface area contributed by atoms with Gasteiger partial charge in [0.25, 0.3) is 5.91 Å². The highest BCUT2D eigenvalue weighted by atomic mass is 16.5. The summed E-state index contributed by atoms with van der Waals surface area (Å²) in [6, 6.07) is 13.5. The molecule has 0 aromatic heterocycles. The van der Waals surface area contributed by atoms with E-state index < -0.39 is 0 Å². The van der Waals surface area contributed by atoms with Gasteiger partial charge in [0.05, 0.1) is 6.61 Å². The van der Waals surface area contributed by atoms with Gasteiger partial charge < -0.3 is 14.8 Å². The van der Waals surface area contributed by atoms with E-state index in [2.05, 4.69) is 5.32 Å². The largest absolute Gasteiger partial charge is 0.494 e. The first-order chi connectivity index (χ1) is 11.1. The summed E-state index contributed by atoms with van der Waals surface area (Å²) in [5.74, 6) is 1.40. The summed E-state index contributed by atoms with van der Waals surface area (Å²) < 4.78 is 10.9. The highest BCUT2D eigenvalue weighted by Crippen LogP contribution is 2.16. The van der Waals surface area contributed by atoms with Gasteiger partial charge in [0.15, 0.2) is 6.61 Å². The fourth-order valence-corrected chi connectivity index (χ4v) is 2.07. The second kappa shape index (κ2) is 8.22. The van der Waals surface area contributed by atoms with E-state index in [1.165, 1.54) is 5.56 Å². The molecule has 2 aromatic carbocycles. The summed E-state index contributed by atoms with van der Waals surface area (Å²) >= 11 is 0. The van der Waals surface area contributed by atoms with Gasteiger partial charge in [0.1, 0.15) is 11.5 Å². The van der Waals surface area contributed by atoms with Crippen molar-refractivity contribution >= 4 is 5.91 Å². The third kappa shape index (κ3) is 5.33. The lowest BCUT2D eigenvalue weighted by molar-refractivity contribution is -0.123. The van der Waals surface area contributed by atoms with Crippen LogP contribution < -0.4 is 14.8 Å². The minimum absolute atomic E-state index is 0.0134. The Morgan fingerprint density at radius 2 is 1.65 bits per heavy atom. The van der Waals surface area contributed by atoms with Gasteiger partial charge in [-0.2, -0.15) is 0 Å². The summed E-state index contributed by atoms with van der Waals surface area (Å²) in [6.45, 7) is 7.15. The zero-order valence-corrected chi connectivity index (χ0v) is 13.9. The van der Waals surface area contributed by atoms with E-state index in [4.69, 9.17) is 9.47 Å². The molecule has 2 aromatic rings. The summed E-state index contributed by atoms with van der Waals surface area (Å²) in [7, 11) is 0. The Kier molecular flexibility index (Phi) is 6.03. The van der Waals surface area contributed by atoms with Crippen LogP contribution >= 0.6 is 0 Å². The Balaban J connectivity index is 1.77. The van der Waals surface area contributed by atoms with Crippen LogP contribution in [0.1, 0.15) is 23.6 Å². The first-order valence-electron chi connectivity index (χ1n) is 7.77. The number of hydrogen-bond donors (Lipinski definition) is 1. The third-order valence-electron chi connectivity index (χ3n) is 3.57. The molecule has 23 heavy (non-hydrogen) atoms. The molecule has 2 rings (SSSR count). The van der Waals surface area contributed by atoms with Gasteiger partial charge in [-0.05, 0) is 61.7 Å². The van der Waals surface area contributed by atoms with E-state index in [0.29, 0.717) is 18.9 Å². The number of aryl methyl sites for hydroxylation is 2. The van der Waals surface area contributed by atoms with Gasteiger partial charge in [-0.25, -0.2) is 0 Å². The van der Waals surface area contributed by atoms with Gasteiger partial charge in [-0.3, -0.25) is 4.79 Å². The lowest BCUT2D eigenvalue weighted by Gasteiger charge is -2.09. The smallest absolute Gasteiger partial charge is 0.258 e. The average Bonchev–Trinajstić information content (AvgIpc) is 2.55. The first-order valence-corrected chi connectivity index (χ1v) is 7.77. The van der Waals surface area contributed by atoms with Gasteiger partial charge in [-0.1, -0.05) is 18.2 Å².